The van der Waals surface area contributed by atoms with Crippen LogP contribution in [0.3, 0.4) is 0 Å². The second-order valence-electron chi connectivity index (χ2n) is 6.93. The van der Waals surface area contributed by atoms with Crippen molar-refractivity contribution in [2.75, 3.05) is 18.5 Å². The van der Waals surface area contributed by atoms with Crippen LogP contribution in [-0.4, -0.2) is 34.6 Å². The molecule has 0 radical (unpaired) electrons. The van der Waals surface area contributed by atoms with Crippen LogP contribution in [0.5, 0.6) is 0 Å². The lowest BCUT2D eigenvalue weighted by Gasteiger charge is -2.39. The highest BCUT2D eigenvalue weighted by molar-refractivity contribution is 6.01. The van der Waals surface area contributed by atoms with E-state index in [9.17, 15) is 10.1 Å². The molecule has 1 fully saturated rings. The molecule has 1 aromatic carbocycles. The number of carbonyl (C=O) groups excluding carboxylic acids is 1. The summed E-state index contributed by atoms with van der Waals surface area (Å²) in [4.78, 5) is 15.1. The molecule has 26 heavy (non-hydrogen) atoms. The SMILES string of the molecule is Cc1c([C@H]2Nc3ccccc3C(=O)N2C[C@H]2CCCO2)cc(C#N)n1C. The van der Waals surface area contributed by atoms with Gasteiger partial charge in [0.1, 0.15) is 17.9 Å². The molecule has 0 saturated carbocycles. The first-order chi connectivity index (χ1) is 12.6. The zero-order valence-corrected chi connectivity index (χ0v) is 15.0. The molecule has 0 bridgehead atoms. The topological polar surface area (TPSA) is 70.3 Å². The van der Waals surface area contributed by atoms with Crippen LogP contribution in [-0.2, 0) is 11.8 Å². The molecule has 2 aliphatic rings. The molecule has 2 aromatic rings. The quantitative estimate of drug-likeness (QED) is 0.924. The maximum absolute atomic E-state index is 13.2. The van der Waals surface area contributed by atoms with Gasteiger partial charge in [0.2, 0.25) is 0 Å². The molecule has 1 aromatic heterocycles. The Bertz CT molecular complexity index is 890. The number of ether oxygens (including phenoxy) is 1. The number of hydrogen-bond acceptors (Lipinski definition) is 4. The number of nitrogens with zero attached hydrogens (tertiary/aromatic N) is 3. The summed E-state index contributed by atoms with van der Waals surface area (Å²) in [6.45, 7) is 3.28. The number of rotatable bonds is 3. The highest BCUT2D eigenvalue weighted by Gasteiger charge is 2.36. The minimum absolute atomic E-state index is 0.00149. The second-order valence-corrected chi connectivity index (χ2v) is 6.93. The number of fused-ring (bicyclic) bond motifs is 1. The van der Waals surface area contributed by atoms with Gasteiger partial charge in [-0.25, -0.2) is 0 Å². The number of nitrogens with one attached hydrogen (secondary N) is 1. The number of amides is 1. The van der Waals surface area contributed by atoms with Crippen LogP contribution >= 0.6 is 0 Å². The normalized spacial score (nSPS) is 22.0. The number of aromatic nitrogens is 1. The maximum Gasteiger partial charge on any atom is 0.257 e. The van der Waals surface area contributed by atoms with Crippen LogP contribution < -0.4 is 5.32 Å². The van der Waals surface area contributed by atoms with Crippen LogP contribution in [0.25, 0.3) is 0 Å². The Morgan fingerprint density at radius 3 is 2.88 bits per heavy atom. The van der Waals surface area contributed by atoms with E-state index in [-0.39, 0.29) is 18.2 Å². The molecule has 134 valence electrons. The molecule has 6 heteroatoms. The molecular weight excluding hydrogens is 328 g/mol. The Balaban J connectivity index is 1.77. The van der Waals surface area contributed by atoms with Gasteiger partial charge >= 0.3 is 0 Å². The lowest BCUT2D eigenvalue weighted by Crippen LogP contribution is -2.46. The molecule has 2 aliphatic heterocycles. The van der Waals surface area contributed by atoms with Crippen molar-refractivity contribution >= 4 is 11.6 Å². The Morgan fingerprint density at radius 2 is 2.19 bits per heavy atom. The first-order valence-corrected chi connectivity index (χ1v) is 8.94. The van der Waals surface area contributed by atoms with Crippen molar-refractivity contribution in [2.45, 2.75) is 32.0 Å². The molecule has 6 nitrogen and oxygen atoms in total. The van der Waals surface area contributed by atoms with Gasteiger partial charge in [0.05, 0.1) is 11.7 Å². The molecule has 1 amide bonds. The third kappa shape index (κ3) is 2.65. The van der Waals surface area contributed by atoms with Crippen molar-refractivity contribution in [3.8, 4) is 6.07 Å². The summed E-state index contributed by atoms with van der Waals surface area (Å²) in [7, 11) is 1.88. The van der Waals surface area contributed by atoms with Crippen molar-refractivity contribution in [1.82, 2.24) is 9.47 Å². The Labute approximate surface area is 153 Å². The van der Waals surface area contributed by atoms with Gasteiger partial charge in [-0.2, -0.15) is 5.26 Å². The third-order valence-corrected chi connectivity index (χ3v) is 5.43. The molecule has 0 spiro atoms. The van der Waals surface area contributed by atoms with Gasteiger partial charge in [-0.15, -0.1) is 0 Å². The number of para-hydroxylation sites is 1. The summed E-state index contributed by atoms with van der Waals surface area (Å²) in [5.74, 6) is 0.00149. The van der Waals surface area contributed by atoms with E-state index >= 15 is 0 Å². The van der Waals surface area contributed by atoms with Crippen molar-refractivity contribution in [2.24, 2.45) is 7.05 Å². The summed E-state index contributed by atoms with van der Waals surface area (Å²) in [5, 5.41) is 12.9. The summed E-state index contributed by atoms with van der Waals surface area (Å²) >= 11 is 0. The van der Waals surface area contributed by atoms with Crippen LogP contribution in [0.4, 0.5) is 5.69 Å². The van der Waals surface area contributed by atoms with Gasteiger partial charge in [-0.1, -0.05) is 12.1 Å². The highest BCUT2D eigenvalue weighted by atomic mass is 16.5. The first kappa shape index (κ1) is 16.7. The fraction of sp³-hybridized carbons (Fsp3) is 0.400. The Kier molecular flexibility index (Phi) is 4.17. The molecule has 3 heterocycles. The first-order valence-electron chi connectivity index (χ1n) is 8.94. The zero-order chi connectivity index (χ0) is 18.3. The minimum atomic E-state index is -0.310. The van der Waals surface area contributed by atoms with E-state index in [2.05, 4.69) is 11.4 Å². The standard InChI is InChI=1S/C20H22N4O2/c1-13-17(10-14(11-21)23(13)2)19-22-18-8-4-3-7-16(18)20(25)24(19)12-15-6-5-9-26-15/h3-4,7-8,10,15,19,22H,5-6,9,12H2,1-2H3/t15-,19+/m1/s1. The fourth-order valence-corrected chi connectivity index (χ4v) is 3.84. The highest BCUT2D eigenvalue weighted by Crippen LogP contribution is 2.36. The largest absolute Gasteiger partial charge is 0.376 e. The molecule has 1 N–H and O–H groups in total. The van der Waals surface area contributed by atoms with Crippen molar-refractivity contribution in [3.05, 3.63) is 52.8 Å². The molecular formula is C20H22N4O2. The average Bonchev–Trinajstić information content (AvgIpc) is 3.26. The van der Waals surface area contributed by atoms with E-state index in [4.69, 9.17) is 4.74 Å². The predicted octanol–water partition coefficient (Wildman–Crippen LogP) is 2.95. The van der Waals surface area contributed by atoms with Gasteiger partial charge in [-0.05, 0) is 38.0 Å². The van der Waals surface area contributed by atoms with Gasteiger partial charge in [0.15, 0.2) is 0 Å². The fourth-order valence-electron chi connectivity index (χ4n) is 3.84. The molecule has 1 saturated heterocycles. The molecule has 0 unspecified atom stereocenters. The zero-order valence-electron chi connectivity index (χ0n) is 15.0. The number of hydrogen-bond donors (Lipinski definition) is 1. The van der Waals surface area contributed by atoms with Crippen LogP contribution in [0, 0.1) is 18.3 Å². The third-order valence-electron chi connectivity index (χ3n) is 5.43. The lowest BCUT2D eigenvalue weighted by atomic mass is 10.0. The minimum Gasteiger partial charge on any atom is -0.376 e. The van der Waals surface area contributed by atoms with Crippen molar-refractivity contribution < 1.29 is 9.53 Å². The molecule has 0 aliphatic carbocycles. The monoisotopic (exact) mass is 350 g/mol. The number of anilines is 1. The van der Waals surface area contributed by atoms with Crippen LogP contribution in [0.1, 0.15) is 46.3 Å². The summed E-state index contributed by atoms with van der Waals surface area (Å²) in [6, 6.07) is 11.7. The molecule has 2 atom stereocenters. The second kappa shape index (κ2) is 6.50. The van der Waals surface area contributed by atoms with Gasteiger partial charge < -0.3 is 19.5 Å². The van der Waals surface area contributed by atoms with E-state index in [1.165, 1.54) is 0 Å². The van der Waals surface area contributed by atoms with Crippen molar-refractivity contribution in [3.63, 3.8) is 0 Å². The number of benzene rings is 1. The van der Waals surface area contributed by atoms with E-state index in [1.54, 1.807) is 0 Å². The molecule has 4 rings (SSSR count). The maximum atomic E-state index is 13.2. The summed E-state index contributed by atoms with van der Waals surface area (Å²) in [6.07, 6.45) is 1.75. The van der Waals surface area contributed by atoms with Crippen LogP contribution in [0.2, 0.25) is 0 Å². The number of carbonyl (C=O) groups is 1. The smallest absolute Gasteiger partial charge is 0.257 e. The van der Waals surface area contributed by atoms with E-state index < -0.39 is 0 Å². The van der Waals surface area contributed by atoms with E-state index in [1.807, 2.05) is 53.8 Å². The lowest BCUT2D eigenvalue weighted by molar-refractivity contribution is 0.0426. The van der Waals surface area contributed by atoms with Crippen LogP contribution in [0.15, 0.2) is 30.3 Å². The number of nitriles is 1. The van der Waals surface area contributed by atoms with Gasteiger partial charge in [-0.3, -0.25) is 4.79 Å². The van der Waals surface area contributed by atoms with Gasteiger partial charge in [0.25, 0.3) is 5.91 Å². The summed E-state index contributed by atoms with van der Waals surface area (Å²) in [5.41, 5.74) is 4.01. The van der Waals surface area contributed by atoms with E-state index in [0.29, 0.717) is 17.8 Å². The van der Waals surface area contributed by atoms with E-state index in [0.717, 1.165) is 36.4 Å². The Hall–Kier alpha value is -2.78. The van der Waals surface area contributed by atoms with Gasteiger partial charge in [0, 0.05) is 37.1 Å². The average molecular weight is 350 g/mol. The summed E-state index contributed by atoms with van der Waals surface area (Å²) < 4.78 is 7.64. The Morgan fingerprint density at radius 1 is 1.38 bits per heavy atom. The van der Waals surface area contributed by atoms with Crippen molar-refractivity contribution in [1.29, 1.82) is 5.26 Å². The predicted molar refractivity (Wildman–Crippen MR) is 97.7 cm³/mol.